The van der Waals surface area contributed by atoms with Crippen LogP contribution in [0.4, 0.5) is 0 Å². The highest BCUT2D eigenvalue weighted by Crippen LogP contribution is 2.24. The van der Waals surface area contributed by atoms with Crippen molar-refractivity contribution in [3.05, 3.63) is 29.6 Å². The molecule has 2 N–H and O–H groups in total. The molecule has 0 saturated heterocycles. The monoisotopic (exact) mass is 273 g/mol. The summed E-state index contributed by atoms with van der Waals surface area (Å²) in [6, 6.07) is 6.56. The molecule has 2 rings (SSSR count). The number of rotatable bonds is 7. The van der Waals surface area contributed by atoms with Crippen molar-refractivity contribution in [2.45, 2.75) is 65.5 Å². The summed E-state index contributed by atoms with van der Waals surface area (Å²) >= 11 is 0. The minimum Gasteiger partial charge on any atom is -0.327 e. The van der Waals surface area contributed by atoms with Gasteiger partial charge in [-0.15, -0.1) is 0 Å². The van der Waals surface area contributed by atoms with Gasteiger partial charge < -0.3 is 10.3 Å². The van der Waals surface area contributed by atoms with Crippen molar-refractivity contribution >= 4 is 11.0 Å². The Kier molecular flexibility index (Phi) is 5.18. The van der Waals surface area contributed by atoms with Crippen LogP contribution in [0.3, 0.4) is 0 Å². The largest absolute Gasteiger partial charge is 0.327 e. The van der Waals surface area contributed by atoms with Crippen molar-refractivity contribution in [2.75, 3.05) is 0 Å². The van der Waals surface area contributed by atoms with Crippen LogP contribution in [0.25, 0.3) is 11.0 Å². The average Bonchev–Trinajstić information content (AvgIpc) is 2.80. The lowest BCUT2D eigenvalue weighted by Crippen LogP contribution is -2.17. The zero-order valence-corrected chi connectivity index (χ0v) is 13.0. The maximum atomic E-state index is 6.37. The Morgan fingerprint density at radius 3 is 2.65 bits per heavy atom. The third-order valence-electron chi connectivity index (χ3n) is 3.87. The average molecular weight is 273 g/mol. The van der Waals surface area contributed by atoms with Crippen molar-refractivity contribution in [1.29, 1.82) is 0 Å². The first-order chi connectivity index (χ1) is 9.67. The summed E-state index contributed by atoms with van der Waals surface area (Å²) in [5, 5.41) is 0. The number of fused-ring (bicyclic) bond motifs is 1. The molecule has 0 radical (unpaired) electrons. The summed E-state index contributed by atoms with van der Waals surface area (Å²) in [7, 11) is 0. The number of hydrogen-bond acceptors (Lipinski definition) is 2. The van der Waals surface area contributed by atoms with E-state index >= 15 is 0 Å². The Labute approximate surface area is 122 Å². The van der Waals surface area contributed by atoms with Crippen LogP contribution in [-0.4, -0.2) is 9.55 Å². The van der Waals surface area contributed by atoms with E-state index in [1.54, 1.807) is 0 Å². The highest BCUT2D eigenvalue weighted by Gasteiger charge is 2.16. The maximum Gasteiger partial charge on any atom is 0.126 e. The van der Waals surface area contributed by atoms with Crippen LogP contribution in [0, 0.1) is 6.92 Å². The Morgan fingerprint density at radius 1 is 1.20 bits per heavy atom. The normalized spacial score (nSPS) is 13.0. The SMILES string of the molecule is CCCCC(N)c1nc2cc(C)ccc2n1CCCC. The fourth-order valence-electron chi connectivity index (χ4n) is 2.65. The van der Waals surface area contributed by atoms with Gasteiger partial charge in [0.1, 0.15) is 5.82 Å². The van der Waals surface area contributed by atoms with Gasteiger partial charge >= 0.3 is 0 Å². The smallest absolute Gasteiger partial charge is 0.126 e. The van der Waals surface area contributed by atoms with E-state index in [4.69, 9.17) is 10.7 Å². The van der Waals surface area contributed by atoms with E-state index in [0.29, 0.717) is 0 Å². The Balaban J connectivity index is 2.39. The van der Waals surface area contributed by atoms with E-state index in [-0.39, 0.29) is 6.04 Å². The molecule has 0 aliphatic rings. The summed E-state index contributed by atoms with van der Waals surface area (Å²) in [6.07, 6.45) is 5.73. The fraction of sp³-hybridized carbons (Fsp3) is 0.588. The quantitative estimate of drug-likeness (QED) is 0.815. The molecule has 0 aliphatic heterocycles. The van der Waals surface area contributed by atoms with Gasteiger partial charge in [0.25, 0.3) is 0 Å². The second kappa shape index (κ2) is 6.89. The van der Waals surface area contributed by atoms with Crippen LogP contribution in [0.2, 0.25) is 0 Å². The van der Waals surface area contributed by atoms with Crippen molar-refractivity contribution in [1.82, 2.24) is 9.55 Å². The molecule has 0 bridgehead atoms. The first-order valence-corrected chi connectivity index (χ1v) is 7.89. The number of aryl methyl sites for hydroxylation is 2. The molecule has 0 aliphatic carbocycles. The third-order valence-corrected chi connectivity index (χ3v) is 3.87. The lowest BCUT2D eigenvalue weighted by Gasteiger charge is -2.14. The van der Waals surface area contributed by atoms with E-state index in [0.717, 1.165) is 30.7 Å². The van der Waals surface area contributed by atoms with Gasteiger partial charge in [-0.05, 0) is 37.5 Å². The highest BCUT2D eigenvalue weighted by molar-refractivity contribution is 5.77. The zero-order valence-electron chi connectivity index (χ0n) is 13.0. The molecule has 1 aromatic carbocycles. The number of aromatic nitrogens is 2. The second-order valence-electron chi connectivity index (χ2n) is 5.72. The highest BCUT2D eigenvalue weighted by atomic mass is 15.1. The van der Waals surface area contributed by atoms with Gasteiger partial charge in [-0.2, -0.15) is 0 Å². The summed E-state index contributed by atoms with van der Waals surface area (Å²) in [5.41, 5.74) is 9.94. The molecule has 0 amide bonds. The molecule has 2 aromatic rings. The minimum absolute atomic E-state index is 0.0551. The predicted octanol–water partition coefficient (Wildman–Crippen LogP) is 4.33. The van der Waals surface area contributed by atoms with Gasteiger partial charge in [0, 0.05) is 6.54 Å². The van der Waals surface area contributed by atoms with Crippen LogP contribution in [0.5, 0.6) is 0 Å². The zero-order chi connectivity index (χ0) is 14.5. The Hall–Kier alpha value is -1.35. The molecule has 0 fully saturated rings. The molecule has 3 nitrogen and oxygen atoms in total. The number of imidazole rings is 1. The Bertz CT molecular complexity index is 557. The number of unbranched alkanes of at least 4 members (excludes halogenated alkanes) is 2. The lowest BCUT2D eigenvalue weighted by atomic mass is 10.1. The molecule has 1 atom stereocenters. The lowest BCUT2D eigenvalue weighted by molar-refractivity contribution is 0.528. The maximum absolute atomic E-state index is 6.37. The van der Waals surface area contributed by atoms with E-state index in [2.05, 4.69) is 43.5 Å². The van der Waals surface area contributed by atoms with Crippen LogP contribution in [0.1, 0.15) is 63.4 Å². The fourth-order valence-corrected chi connectivity index (χ4v) is 2.65. The van der Waals surface area contributed by atoms with E-state index in [9.17, 15) is 0 Å². The standard InChI is InChI=1S/C17H27N3/c1-4-6-8-14(18)17-19-15-12-13(3)9-10-16(15)20(17)11-7-5-2/h9-10,12,14H,4-8,11,18H2,1-3H3. The molecular weight excluding hydrogens is 246 g/mol. The van der Waals surface area contributed by atoms with Gasteiger partial charge in [0.05, 0.1) is 17.1 Å². The minimum atomic E-state index is 0.0551. The van der Waals surface area contributed by atoms with E-state index < -0.39 is 0 Å². The Morgan fingerprint density at radius 2 is 1.95 bits per heavy atom. The topological polar surface area (TPSA) is 43.8 Å². The van der Waals surface area contributed by atoms with Gasteiger partial charge in [0.2, 0.25) is 0 Å². The van der Waals surface area contributed by atoms with Gasteiger partial charge in [-0.25, -0.2) is 4.98 Å². The van der Waals surface area contributed by atoms with Crippen molar-refractivity contribution < 1.29 is 0 Å². The van der Waals surface area contributed by atoms with Crippen molar-refractivity contribution in [3.8, 4) is 0 Å². The van der Waals surface area contributed by atoms with Crippen molar-refractivity contribution in [2.24, 2.45) is 5.73 Å². The molecule has 0 spiro atoms. The third kappa shape index (κ3) is 3.21. The van der Waals surface area contributed by atoms with Crippen molar-refractivity contribution in [3.63, 3.8) is 0 Å². The summed E-state index contributed by atoms with van der Waals surface area (Å²) < 4.78 is 2.33. The van der Waals surface area contributed by atoms with Crippen LogP contribution < -0.4 is 5.73 Å². The van der Waals surface area contributed by atoms with E-state index in [1.165, 1.54) is 30.3 Å². The predicted molar refractivity (Wildman–Crippen MR) is 85.8 cm³/mol. The number of benzene rings is 1. The molecule has 3 heteroatoms. The molecular formula is C17H27N3. The molecule has 110 valence electrons. The van der Waals surface area contributed by atoms with Crippen LogP contribution in [-0.2, 0) is 6.54 Å². The van der Waals surface area contributed by atoms with Gasteiger partial charge in [-0.3, -0.25) is 0 Å². The number of hydrogen-bond donors (Lipinski definition) is 1. The molecule has 1 unspecified atom stereocenters. The first kappa shape index (κ1) is 15.0. The molecule has 20 heavy (non-hydrogen) atoms. The van der Waals surface area contributed by atoms with Gasteiger partial charge in [0.15, 0.2) is 0 Å². The summed E-state index contributed by atoms with van der Waals surface area (Å²) in [4.78, 5) is 4.82. The summed E-state index contributed by atoms with van der Waals surface area (Å²) in [6.45, 7) is 7.56. The van der Waals surface area contributed by atoms with Crippen LogP contribution >= 0.6 is 0 Å². The summed E-state index contributed by atoms with van der Waals surface area (Å²) in [5.74, 6) is 1.06. The molecule has 0 saturated carbocycles. The van der Waals surface area contributed by atoms with Crippen LogP contribution in [0.15, 0.2) is 18.2 Å². The van der Waals surface area contributed by atoms with E-state index in [1.807, 2.05) is 0 Å². The van der Waals surface area contributed by atoms with Gasteiger partial charge in [-0.1, -0.05) is 39.2 Å². The number of nitrogens with zero attached hydrogens (tertiary/aromatic N) is 2. The molecule has 1 heterocycles. The number of nitrogens with two attached hydrogens (primary N) is 1. The first-order valence-electron chi connectivity index (χ1n) is 7.89. The molecule has 1 aromatic heterocycles. The second-order valence-corrected chi connectivity index (χ2v) is 5.72.